The van der Waals surface area contributed by atoms with Crippen molar-refractivity contribution in [2.45, 2.75) is 6.54 Å². The Kier molecular flexibility index (Phi) is 9.85. The molecular formula is C33H28F2N2O6. The summed E-state index contributed by atoms with van der Waals surface area (Å²) in [5.41, 5.74) is 5.28. The molecule has 0 aliphatic heterocycles. The summed E-state index contributed by atoms with van der Waals surface area (Å²) in [6.45, 7) is 0.504. The molecule has 0 radical (unpaired) electrons. The second-order valence-electron chi connectivity index (χ2n) is 9.23. The lowest BCUT2D eigenvalue weighted by molar-refractivity contribution is 0.0592. The molecule has 0 spiro atoms. The molecule has 0 bridgehead atoms. The van der Waals surface area contributed by atoms with Crippen LogP contribution in [0.1, 0.15) is 36.6 Å². The topological polar surface area (TPSA) is 107 Å². The largest absolute Gasteiger partial charge is 0.495 e. The summed E-state index contributed by atoms with van der Waals surface area (Å²) in [5, 5.41) is 3.92. The Morgan fingerprint density at radius 1 is 0.791 bits per heavy atom. The van der Waals surface area contributed by atoms with Crippen LogP contribution in [0.25, 0.3) is 22.2 Å². The van der Waals surface area contributed by atoms with Crippen LogP contribution in [-0.2, 0) is 16.0 Å². The molecule has 1 aromatic heterocycles. The van der Waals surface area contributed by atoms with Crippen molar-refractivity contribution in [3.05, 3.63) is 119 Å². The zero-order chi connectivity index (χ0) is 30.9. The first-order valence-electron chi connectivity index (χ1n) is 13.0. The molecule has 5 rings (SSSR count). The molecule has 0 saturated heterocycles. The molecule has 10 heteroatoms. The van der Waals surface area contributed by atoms with Gasteiger partial charge in [0.15, 0.2) is 11.6 Å². The van der Waals surface area contributed by atoms with E-state index in [2.05, 4.69) is 15.0 Å². The van der Waals surface area contributed by atoms with Crippen LogP contribution < -0.4 is 10.1 Å². The maximum Gasteiger partial charge on any atom is 0.337 e. The highest BCUT2D eigenvalue weighted by atomic mass is 19.2. The second kappa shape index (κ2) is 13.9. The Bertz CT molecular complexity index is 1710. The highest BCUT2D eigenvalue weighted by molar-refractivity contribution is 5.90. The average molecular weight is 587 g/mol. The van der Waals surface area contributed by atoms with Gasteiger partial charge in [-0.05, 0) is 60.2 Å². The number of hydrogen-bond acceptors (Lipinski definition) is 7. The number of anilines is 1. The third-order valence-electron chi connectivity index (χ3n) is 6.50. The van der Waals surface area contributed by atoms with Crippen LogP contribution in [0, 0.1) is 11.6 Å². The highest BCUT2D eigenvalue weighted by Gasteiger charge is 2.12. The first kappa shape index (κ1) is 30.4. The van der Waals surface area contributed by atoms with Crippen molar-refractivity contribution in [2.24, 2.45) is 0 Å². The van der Waals surface area contributed by atoms with Crippen molar-refractivity contribution in [2.75, 3.05) is 26.6 Å². The van der Waals surface area contributed by atoms with Crippen molar-refractivity contribution in [3.63, 3.8) is 0 Å². The fourth-order valence-corrected chi connectivity index (χ4v) is 4.19. The van der Waals surface area contributed by atoms with Crippen molar-refractivity contribution in [3.8, 4) is 17.0 Å². The molecule has 0 aliphatic carbocycles. The lowest BCUT2D eigenvalue weighted by Crippen LogP contribution is -2.04. The lowest BCUT2D eigenvalue weighted by atomic mass is 10.1. The van der Waals surface area contributed by atoms with Gasteiger partial charge in [-0.15, -0.1) is 0 Å². The summed E-state index contributed by atoms with van der Waals surface area (Å²) in [7, 11) is 4.24. The van der Waals surface area contributed by atoms with Crippen LogP contribution >= 0.6 is 0 Å². The van der Waals surface area contributed by atoms with E-state index in [0.717, 1.165) is 34.9 Å². The van der Waals surface area contributed by atoms with Gasteiger partial charge in [-0.25, -0.2) is 18.4 Å². The van der Waals surface area contributed by atoms with Crippen LogP contribution in [0.15, 0.2) is 84.9 Å². The van der Waals surface area contributed by atoms with Crippen LogP contribution in [0.3, 0.4) is 0 Å². The van der Waals surface area contributed by atoms with Gasteiger partial charge in [-0.2, -0.15) is 0 Å². The first-order chi connectivity index (χ1) is 20.8. The van der Waals surface area contributed by atoms with Crippen molar-refractivity contribution in [1.29, 1.82) is 0 Å². The molecule has 43 heavy (non-hydrogen) atoms. The van der Waals surface area contributed by atoms with E-state index < -0.39 is 17.6 Å². The number of aromatic nitrogens is 1. The Morgan fingerprint density at radius 2 is 1.40 bits per heavy atom. The molecule has 8 nitrogen and oxygen atoms in total. The molecular weight excluding hydrogens is 558 g/mol. The Morgan fingerprint density at radius 3 is 1.98 bits per heavy atom. The number of aromatic amines is 1. The summed E-state index contributed by atoms with van der Waals surface area (Å²) in [5.74, 6) is -1.90. The maximum atomic E-state index is 13.5. The number of methoxy groups -OCH3 is 3. The summed E-state index contributed by atoms with van der Waals surface area (Å²) in [6.07, 6.45) is 0.723. The molecule has 5 aromatic rings. The molecule has 0 unspecified atom stereocenters. The predicted octanol–water partition coefficient (Wildman–Crippen LogP) is 6.81. The van der Waals surface area contributed by atoms with Gasteiger partial charge in [0.25, 0.3) is 0 Å². The number of ether oxygens (including phenoxy) is 3. The number of halogens is 2. The van der Waals surface area contributed by atoms with Crippen LogP contribution in [0.5, 0.6) is 5.75 Å². The van der Waals surface area contributed by atoms with E-state index in [1.807, 2.05) is 30.3 Å². The third kappa shape index (κ3) is 7.42. The molecule has 0 amide bonds. The number of carbonyl (C=O) groups is 3. The fraction of sp³-hybridized carbons (Fsp3) is 0.121. The van der Waals surface area contributed by atoms with E-state index >= 15 is 0 Å². The van der Waals surface area contributed by atoms with E-state index in [-0.39, 0.29) is 5.97 Å². The normalized spacial score (nSPS) is 10.3. The Hall–Kier alpha value is -5.51. The summed E-state index contributed by atoms with van der Waals surface area (Å²) >= 11 is 0. The minimum absolute atomic E-state index is 0.382. The molecule has 1 heterocycles. The lowest BCUT2D eigenvalue weighted by Gasteiger charge is -2.13. The van der Waals surface area contributed by atoms with Gasteiger partial charge < -0.3 is 24.5 Å². The highest BCUT2D eigenvalue weighted by Crippen LogP contribution is 2.32. The number of H-pyrrole nitrogens is 1. The van der Waals surface area contributed by atoms with E-state index in [4.69, 9.17) is 9.47 Å². The maximum absolute atomic E-state index is 13.5. The van der Waals surface area contributed by atoms with Crippen LogP contribution in [0.4, 0.5) is 14.5 Å². The van der Waals surface area contributed by atoms with Gasteiger partial charge in [0, 0.05) is 40.3 Å². The van der Waals surface area contributed by atoms with Gasteiger partial charge in [-0.1, -0.05) is 24.3 Å². The second-order valence-corrected chi connectivity index (χ2v) is 9.23. The number of nitrogens with one attached hydrogen (secondary N) is 2. The van der Waals surface area contributed by atoms with Crippen LogP contribution in [0.2, 0.25) is 0 Å². The minimum atomic E-state index is -0.892. The third-order valence-corrected chi connectivity index (χ3v) is 6.50. The van der Waals surface area contributed by atoms with Gasteiger partial charge in [-0.3, -0.25) is 4.79 Å². The first-order valence-corrected chi connectivity index (χ1v) is 13.0. The summed E-state index contributed by atoms with van der Waals surface area (Å²) < 4.78 is 41.7. The molecule has 0 fully saturated rings. The number of benzene rings is 4. The Labute approximate surface area is 246 Å². The number of fused-ring (bicyclic) bond motifs is 1. The molecule has 4 aromatic carbocycles. The van der Waals surface area contributed by atoms with Crippen molar-refractivity contribution < 1.29 is 37.4 Å². The van der Waals surface area contributed by atoms with Crippen molar-refractivity contribution in [1.82, 2.24) is 4.98 Å². The van der Waals surface area contributed by atoms with E-state index in [1.54, 1.807) is 49.6 Å². The zero-order valence-electron chi connectivity index (χ0n) is 23.6. The quantitative estimate of drug-likeness (QED) is 0.152. The van der Waals surface area contributed by atoms with Gasteiger partial charge in [0.2, 0.25) is 0 Å². The molecule has 0 aliphatic rings. The standard InChI is InChI=1S/C24H20F2N2O3.C9H8O3/c1-30-23-8-7-16(20-11-17-9-18(25)19(26)12-21(17)28-20)10-22(23)27-13-14-3-5-15(6-4-14)24(29)31-2;1-12-9(11)8-4-2-7(6-10)3-5-8/h3-12,27-28H,13H2,1-2H3;2-6H,1H3. The predicted molar refractivity (Wildman–Crippen MR) is 158 cm³/mol. The summed E-state index contributed by atoms with van der Waals surface area (Å²) in [6, 6.07) is 23.0. The molecule has 0 atom stereocenters. The van der Waals surface area contributed by atoms with E-state index in [0.29, 0.717) is 39.9 Å². The van der Waals surface area contributed by atoms with Gasteiger partial charge >= 0.3 is 11.9 Å². The molecule has 2 N–H and O–H groups in total. The SMILES string of the molecule is COC(=O)c1ccc(C=O)cc1.COC(=O)c1ccc(CNc2cc(-c3cc4cc(F)c(F)cc4[nH]3)ccc2OC)cc1. The smallest absolute Gasteiger partial charge is 0.337 e. The van der Waals surface area contributed by atoms with E-state index in [1.165, 1.54) is 20.3 Å². The van der Waals surface area contributed by atoms with E-state index in [9.17, 15) is 23.2 Å². The van der Waals surface area contributed by atoms with Gasteiger partial charge in [0.05, 0.1) is 38.1 Å². The summed E-state index contributed by atoms with van der Waals surface area (Å²) in [4.78, 5) is 35.8. The average Bonchev–Trinajstić information content (AvgIpc) is 3.46. The van der Waals surface area contributed by atoms with Gasteiger partial charge in [0.1, 0.15) is 12.0 Å². The molecule has 0 saturated carbocycles. The molecule has 220 valence electrons. The number of hydrogen-bond donors (Lipinski definition) is 2. The number of rotatable bonds is 8. The number of esters is 2. The van der Waals surface area contributed by atoms with Crippen LogP contribution in [-0.4, -0.2) is 44.5 Å². The number of aldehydes is 1. The number of carbonyl (C=O) groups excluding carboxylic acids is 3. The Balaban J connectivity index is 0.000000296. The minimum Gasteiger partial charge on any atom is -0.495 e. The van der Waals surface area contributed by atoms with Crippen molar-refractivity contribution >= 4 is 34.8 Å². The monoisotopic (exact) mass is 586 g/mol. The zero-order valence-corrected chi connectivity index (χ0v) is 23.6. The fourth-order valence-electron chi connectivity index (χ4n) is 4.19.